The van der Waals surface area contributed by atoms with Gasteiger partial charge in [-0.25, -0.2) is 0 Å². The Bertz CT molecular complexity index is 387. The fraction of sp³-hybridized carbons (Fsp3) is 0.462. The predicted octanol–water partition coefficient (Wildman–Crippen LogP) is 2.37. The van der Waals surface area contributed by atoms with Crippen molar-refractivity contribution in [2.75, 3.05) is 20.8 Å². The Morgan fingerprint density at radius 2 is 2.00 bits per heavy atom. The largest absolute Gasteiger partial charge is 0.497 e. The maximum atomic E-state index is 11.6. The molecule has 4 nitrogen and oxygen atoms in total. The number of carbonyl (C=O) groups is 1. The molecule has 0 saturated carbocycles. The van der Waals surface area contributed by atoms with Gasteiger partial charge in [-0.2, -0.15) is 0 Å². The molecule has 0 aliphatic carbocycles. The van der Waals surface area contributed by atoms with Crippen LogP contribution >= 0.6 is 0 Å². The molecule has 4 heteroatoms. The van der Waals surface area contributed by atoms with Gasteiger partial charge >= 0.3 is 0 Å². The van der Waals surface area contributed by atoms with E-state index >= 15 is 0 Å². The first-order valence-electron chi connectivity index (χ1n) is 5.48. The number of methoxy groups -OCH3 is 2. The lowest BCUT2D eigenvalue weighted by molar-refractivity contribution is -0.128. The van der Waals surface area contributed by atoms with Crippen molar-refractivity contribution in [3.05, 3.63) is 23.8 Å². The van der Waals surface area contributed by atoms with Gasteiger partial charge in [-0.15, -0.1) is 0 Å². The minimum atomic E-state index is -0.606. The van der Waals surface area contributed by atoms with Crippen LogP contribution in [0.4, 0.5) is 0 Å². The fourth-order valence-electron chi connectivity index (χ4n) is 1.64. The number of hydrogen-bond acceptors (Lipinski definition) is 4. The number of rotatable bonds is 6. The third-order valence-corrected chi connectivity index (χ3v) is 2.42. The van der Waals surface area contributed by atoms with E-state index in [1.165, 1.54) is 6.92 Å². The maximum absolute atomic E-state index is 11.6. The zero-order valence-corrected chi connectivity index (χ0v) is 10.6. The van der Waals surface area contributed by atoms with Gasteiger partial charge in [0.05, 0.1) is 14.2 Å². The molecule has 17 heavy (non-hydrogen) atoms. The molecule has 1 aromatic carbocycles. The molecule has 0 aliphatic rings. The Morgan fingerprint density at radius 3 is 2.47 bits per heavy atom. The topological polar surface area (TPSA) is 44.8 Å². The molecule has 1 unspecified atom stereocenters. The number of ketones is 1. The van der Waals surface area contributed by atoms with Gasteiger partial charge in [-0.1, -0.05) is 0 Å². The van der Waals surface area contributed by atoms with Crippen LogP contribution in [0.2, 0.25) is 0 Å². The summed E-state index contributed by atoms with van der Waals surface area (Å²) < 4.78 is 15.8. The zero-order chi connectivity index (χ0) is 12.8. The van der Waals surface area contributed by atoms with Gasteiger partial charge in [0, 0.05) is 12.2 Å². The number of benzene rings is 1. The van der Waals surface area contributed by atoms with E-state index in [9.17, 15) is 4.79 Å². The van der Waals surface area contributed by atoms with Gasteiger partial charge in [0.1, 0.15) is 17.6 Å². The Kier molecular flexibility index (Phi) is 4.97. The third kappa shape index (κ3) is 3.20. The van der Waals surface area contributed by atoms with Crippen LogP contribution in [0.3, 0.4) is 0 Å². The van der Waals surface area contributed by atoms with Crippen LogP contribution in [-0.2, 0) is 9.53 Å². The van der Waals surface area contributed by atoms with Crippen LogP contribution in [-0.4, -0.2) is 26.6 Å². The second-order valence-electron chi connectivity index (χ2n) is 3.55. The van der Waals surface area contributed by atoms with E-state index in [-0.39, 0.29) is 5.78 Å². The van der Waals surface area contributed by atoms with Crippen molar-refractivity contribution in [3.8, 4) is 11.5 Å². The molecule has 0 amide bonds. The molecule has 0 heterocycles. The highest BCUT2D eigenvalue weighted by Crippen LogP contribution is 2.31. The molecule has 0 aromatic heterocycles. The van der Waals surface area contributed by atoms with Crippen molar-refractivity contribution < 1.29 is 19.0 Å². The minimum absolute atomic E-state index is 0.0570. The van der Waals surface area contributed by atoms with Gasteiger partial charge in [-0.3, -0.25) is 4.79 Å². The highest BCUT2D eigenvalue weighted by Gasteiger charge is 2.21. The molecule has 0 fully saturated rings. The second-order valence-corrected chi connectivity index (χ2v) is 3.55. The number of hydrogen-bond donors (Lipinski definition) is 0. The van der Waals surface area contributed by atoms with E-state index in [0.29, 0.717) is 23.7 Å². The van der Waals surface area contributed by atoms with Crippen LogP contribution in [0.15, 0.2) is 18.2 Å². The zero-order valence-electron chi connectivity index (χ0n) is 10.6. The number of Topliss-reactive ketones (excluding diaryl/α,β-unsaturated/α-hetero) is 1. The monoisotopic (exact) mass is 238 g/mol. The molecule has 1 aromatic rings. The lowest BCUT2D eigenvalue weighted by Crippen LogP contribution is -2.14. The Labute approximate surface area is 101 Å². The van der Waals surface area contributed by atoms with Gasteiger partial charge in [-0.05, 0) is 32.0 Å². The summed E-state index contributed by atoms with van der Waals surface area (Å²) in [6, 6.07) is 5.31. The molecule has 0 bridgehead atoms. The third-order valence-electron chi connectivity index (χ3n) is 2.42. The maximum Gasteiger partial charge on any atom is 0.163 e. The summed E-state index contributed by atoms with van der Waals surface area (Å²) in [5.74, 6) is 1.24. The lowest BCUT2D eigenvalue weighted by Gasteiger charge is -2.18. The highest BCUT2D eigenvalue weighted by atomic mass is 16.5. The summed E-state index contributed by atoms with van der Waals surface area (Å²) in [5.41, 5.74) is 0.696. The van der Waals surface area contributed by atoms with Crippen LogP contribution < -0.4 is 9.47 Å². The molecule has 0 spiro atoms. The molecule has 1 atom stereocenters. The van der Waals surface area contributed by atoms with Crippen molar-refractivity contribution in [3.63, 3.8) is 0 Å². The quantitative estimate of drug-likeness (QED) is 0.763. The number of ether oxygens (including phenoxy) is 3. The molecule has 1 rings (SSSR count). The summed E-state index contributed by atoms with van der Waals surface area (Å²) in [4.78, 5) is 11.6. The van der Waals surface area contributed by atoms with E-state index in [4.69, 9.17) is 14.2 Å². The van der Waals surface area contributed by atoms with Crippen molar-refractivity contribution in [2.45, 2.75) is 20.0 Å². The van der Waals surface area contributed by atoms with Gasteiger partial charge in [0.15, 0.2) is 5.78 Å². The molecule has 0 aliphatic heterocycles. The number of carbonyl (C=O) groups excluding carboxylic acids is 1. The summed E-state index contributed by atoms with van der Waals surface area (Å²) in [6.07, 6.45) is -0.606. The van der Waals surface area contributed by atoms with Crippen LogP contribution in [0.1, 0.15) is 25.5 Å². The normalized spacial score (nSPS) is 12.0. The van der Waals surface area contributed by atoms with Crippen molar-refractivity contribution in [1.82, 2.24) is 0 Å². The van der Waals surface area contributed by atoms with Gasteiger partial charge in [0.25, 0.3) is 0 Å². The first-order valence-corrected chi connectivity index (χ1v) is 5.48. The predicted molar refractivity (Wildman–Crippen MR) is 64.6 cm³/mol. The highest BCUT2D eigenvalue weighted by molar-refractivity contribution is 5.82. The van der Waals surface area contributed by atoms with E-state index in [1.54, 1.807) is 32.4 Å². The van der Waals surface area contributed by atoms with E-state index in [1.807, 2.05) is 6.92 Å². The molecule has 94 valence electrons. The molecule has 0 N–H and O–H groups in total. The summed E-state index contributed by atoms with van der Waals surface area (Å²) >= 11 is 0. The Morgan fingerprint density at radius 1 is 1.29 bits per heavy atom. The summed E-state index contributed by atoms with van der Waals surface area (Å²) in [5, 5.41) is 0. The molecule has 0 saturated heterocycles. The average Bonchev–Trinajstić information content (AvgIpc) is 2.34. The Hall–Kier alpha value is -1.55. The Balaban J connectivity index is 3.18. The second kappa shape index (κ2) is 6.25. The van der Waals surface area contributed by atoms with E-state index < -0.39 is 6.10 Å². The summed E-state index contributed by atoms with van der Waals surface area (Å²) in [6.45, 7) is 3.81. The first kappa shape index (κ1) is 13.5. The van der Waals surface area contributed by atoms with Crippen LogP contribution in [0.5, 0.6) is 11.5 Å². The SMILES string of the molecule is CCOC(C(C)=O)c1cc(OC)ccc1OC. The smallest absolute Gasteiger partial charge is 0.163 e. The van der Waals surface area contributed by atoms with E-state index in [2.05, 4.69) is 0 Å². The lowest BCUT2D eigenvalue weighted by atomic mass is 10.0. The average molecular weight is 238 g/mol. The van der Waals surface area contributed by atoms with Crippen molar-refractivity contribution >= 4 is 5.78 Å². The fourth-order valence-corrected chi connectivity index (χ4v) is 1.64. The standard InChI is InChI=1S/C13H18O4/c1-5-17-13(9(2)14)11-8-10(15-3)6-7-12(11)16-4/h6-8,13H,5H2,1-4H3. The van der Waals surface area contributed by atoms with Gasteiger partial charge in [0.2, 0.25) is 0 Å². The van der Waals surface area contributed by atoms with E-state index in [0.717, 1.165) is 0 Å². The van der Waals surface area contributed by atoms with Crippen LogP contribution in [0, 0.1) is 0 Å². The van der Waals surface area contributed by atoms with Gasteiger partial charge < -0.3 is 14.2 Å². The molecular formula is C13H18O4. The molecular weight excluding hydrogens is 220 g/mol. The first-order chi connectivity index (χ1) is 8.13. The summed E-state index contributed by atoms with van der Waals surface area (Å²) in [7, 11) is 3.14. The van der Waals surface area contributed by atoms with Crippen molar-refractivity contribution in [1.29, 1.82) is 0 Å². The molecule has 0 radical (unpaired) electrons. The van der Waals surface area contributed by atoms with Crippen LogP contribution in [0.25, 0.3) is 0 Å². The van der Waals surface area contributed by atoms with Crippen molar-refractivity contribution in [2.24, 2.45) is 0 Å². The minimum Gasteiger partial charge on any atom is -0.497 e.